The van der Waals surface area contributed by atoms with Crippen LogP contribution in [0, 0.1) is 6.92 Å². The number of nitrogens with zero attached hydrogens (tertiary/aromatic N) is 1. The molecule has 6 heteroatoms. The molecule has 0 saturated carbocycles. The van der Waals surface area contributed by atoms with Crippen molar-refractivity contribution in [3.05, 3.63) is 40.9 Å². The predicted octanol–water partition coefficient (Wildman–Crippen LogP) is 3.33. The van der Waals surface area contributed by atoms with Gasteiger partial charge in [0.2, 0.25) is 0 Å². The Hall–Kier alpha value is -0.450. The second kappa shape index (κ2) is 8.75. The molecule has 20 heavy (non-hydrogen) atoms. The van der Waals surface area contributed by atoms with Gasteiger partial charge in [0.15, 0.2) is 0 Å². The molecule has 0 amide bonds. The van der Waals surface area contributed by atoms with Gasteiger partial charge in [-0.3, -0.25) is 4.90 Å². The van der Waals surface area contributed by atoms with Crippen LogP contribution in [0.5, 0.6) is 5.75 Å². The van der Waals surface area contributed by atoms with Crippen LogP contribution in [0.1, 0.15) is 17.2 Å². The number of aromatic hydroxyl groups is 1. The van der Waals surface area contributed by atoms with E-state index in [1.54, 1.807) is 6.07 Å². The number of phenolic OH excluding ortho intramolecular Hbond substituents is 1. The highest BCUT2D eigenvalue weighted by atomic mass is 35.5. The van der Waals surface area contributed by atoms with Crippen molar-refractivity contribution in [1.29, 1.82) is 0 Å². The molecule has 1 aromatic rings. The van der Waals surface area contributed by atoms with Crippen molar-refractivity contribution in [3.63, 3.8) is 0 Å². The lowest BCUT2D eigenvalue weighted by Gasteiger charge is -2.34. The minimum atomic E-state index is 0. The minimum absolute atomic E-state index is 0. The van der Waals surface area contributed by atoms with E-state index in [-0.39, 0.29) is 30.9 Å². The van der Waals surface area contributed by atoms with Crippen molar-refractivity contribution in [2.45, 2.75) is 13.0 Å². The summed E-state index contributed by atoms with van der Waals surface area (Å²) in [5.74, 6) is 0.322. The number of hydrogen-bond acceptors (Lipinski definition) is 3. The van der Waals surface area contributed by atoms with Gasteiger partial charge in [0.25, 0.3) is 0 Å². The van der Waals surface area contributed by atoms with Crippen LogP contribution in [-0.4, -0.2) is 36.2 Å². The summed E-state index contributed by atoms with van der Waals surface area (Å²) in [6.07, 6.45) is 1.87. The lowest BCUT2D eigenvalue weighted by molar-refractivity contribution is 0.201. The third-order valence-electron chi connectivity index (χ3n) is 3.38. The second-order valence-corrected chi connectivity index (χ2v) is 5.06. The standard InChI is InChI=1S/C14H19ClN2O.2ClH/c1-3-13(17-6-4-16-5-7-17)12-9-11(15)8-10(2)14(12)18;;/h3,8-9,13,16,18H,1,4-7H2,2H3;2*1H/t13-;;/m0../s1. The number of hydrogen-bond donors (Lipinski definition) is 2. The topological polar surface area (TPSA) is 35.5 Å². The summed E-state index contributed by atoms with van der Waals surface area (Å²) in [5, 5.41) is 14.2. The van der Waals surface area contributed by atoms with Gasteiger partial charge in [0, 0.05) is 36.8 Å². The summed E-state index contributed by atoms with van der Waals surface area (Å²) in [7, 11) is 0. The summed E-state index contributed by atoms with van der Waals surface area (Å²) >= 11 is 6.09. The summed E-state index contributed by atoms with van der Waals surface area (Å²) in [6, 6.07) is 3.63. The molecule has 3 nitrogen and oxygen atoms in total. The summed E-state index contributed by atoms with van der Waals surface area (Å²) in [6.45, 7) is 9.58. The molecule has 0 aliphatic carbocycles. The van der Waals surface area contributed by atoms with E-state index in [2.05, 4.69) is 16.8 Å². The SMILES string of the molecule is C=C[C@@H](c1cc(Cl)cc(C)c1O)N1CCNCC1.Cl.Cl. The Morgan fingerprint density at radius 2 is 1.95 bits per heavy atom. The molecule has 114 valence electrons. The molecule has 1 atom stereocenters. The van der Waals surface area contributed by atoms with Gasteiger partial charge in [-0.2, -0.15) is 0 Å². The fourth-order valence-electron chi connectivity index (χ4n) is 2.42. The van der Waals surface area contributed by atoms with Crippen LogP contribution < -0.4 is 5.32 Å². The summed E-state index contributed by atoms with van der Waals surface area (Å²) in [5.41, 5.74) is 1.65. The van der Waals surface area contributed by atoms with Crippen LogP contribution in [0.25, 0.3) is 0 Å². The number of benzene rings is 1. The first-order chi connectivity index (χ1) is 8.63. The average Bonchev–Trinajstić information content (AvgIpc) is 2.37. The van der Waals surface area contributed by atoms with Crippen molar-refractivity contribution in [2.24, 2.45) is 0 Å². The molecule has 1 fully saturated rings. The molecule has 1 aromatic carbocycles. The Morgan fingerprint density at radius 3 is 2.50 bits per heavy atom. The molecule has 0 unspecified atom stereocenters. The van der Waals surface area contributed by atoms with Crippen LogP contribution in [0.2, 0.25) is 5.02 Å². The van der Waals surface area contributed by atoms with Crippen LogP contribution in [0.15, 0.2) is 24.8 Å². The van der Waals surface area contributed by atoms with E-state index in [1.165, 1.54) is 0 Å². The number of aryl methyl sites for hydroxylation is 1. The predicted molar refractivity (Wildman–Crippen MR) is 89.7 cm³/mol. The van der Waals surface area contributed by atoms with Crippen molar-refractivity contribution in [3.8, 4) is 5.75 Å². The van der Waals surface area contributed by atoms with Gasteiger partial charge in [-0.05, 0) is 24.6 Å². The Labute approximate surface area is 137 Å². The lowest BCUT2D eigenvalue weighted by atomic mass is 10.0. The summed E-state index contributed by atoms with van der Waals surface area (Å²) in [4.78, 5) is 2.30. The first-order valence-electron chi connectivity index (χ1n) is 6.20. The highest BCUT2D eigenvalue weighted by Gasteiger charge is 2.22. The van der Waals surface area contributed by atoms with Crippen LogP contribution in [0.3, 0.4) is 0 Å². The van der Waals surface area contributed by atoms with Gasteiger partial charge in [-0.25, -0.2) is 0 Å². The van der Waals surface area contributed by atoms with Gasteiger partial charge in [-0.1, -0.05) is 17.7 Å². The third-order valence-corrected chi connectivity index (χ3v) is 3.60. The Bertz CT molecular complexity index is 448. The molecule has 1 aliphatic heterocycles. The fourth-order valence-corrected chi connectivity index (χ4v) is 2.70. The van der Waals surface area contributed by atoms with Gasteiger partial charge in [0.1, 0.15) is 5.75 Å². The van der Waals surface area contributed by atoms with E-state index in [1.807, 2.05) is 19.1 Å². The number of halogens is 3. The van der Waals surface area contributed by atoms with Crippen LogP contribution >= 0.6 is 36.4 Å². The van der Waals surface area contributed by atoms with E-state index in [0.717, 1.165) is 37.3 Å². The van der Waals surface area contributed by atoms with Crippen molar-refractivity contribution in [2.75, 3.05) is 26.2 Å². The minimum Gasteiger partial charge on any atom is -0.507 e. The quantitative estimate of drug-likeness (QED) is 0.829. The monoisotopic (exact) mass is 338 g/mol. The highest BCUT2D eigenvalue weighted by Crippen LogP contribution is 2.34. The molecular weight excluding hydrogens is 319 g/mol. The van der Waals surface area contributed by atoms with E-state index in [0.29, 0.717) is 10.8 Å². The highest BCUT2D eigenvalue weighted by molar-refractivity contribution is 6.30. The molecule has 2 rings (SSSR count). The summed E-state index contributed by atoms with van der Waals surface area (Å²) < 4.78 is 0. The molecule has 0 aromatic heterocycles. The maximum absolute atomic E-state index is 10.2. The Morgan fingerprint density at radius 1 is 1.35 bits per heavy atom. The zero-order chi connectivity index (χ0) is 13.1. The van der Waals surface area contributed by atoms with E-state index in [9.17, 15) is 5.11 Å². The Balaban J connectivity index is 0.00000180. The molecule has 0 bridgehead atoms. The molecule has 2 N–H and O–H groups in total. The molecular formula is C14H21Cl3N2O. The zero-order valence-corrected chi connectivity index (χ0v) is 13.8. The van der Waals surface area contributed by atoms with Crippen molar-refractivity contribution in [1.82, 2.24) is 10.2 Å². The van der Waals surface area contributed by atoms with Crippen molar-refractivity contribution < 1.29 is 5.11 Å². The molecule has 1 saturated heterocycles. The fraction of sp³-hybridized carbons (Fsp3) is 0.429. The molecule has 0 radical (unpaired) electrons. The van der Waals surface area contributed by atoms with Gasteiger partial charge >= 0.3 is 0 Å². The smallest absolute Gasteiger partial charge is 0.123 e. The Kier molecular flexibility index (Phi) is 8.56. The lowest BCUT2D eigenvalue weighted by Crippen LogP contribution is -2.44. The van der Waals surface area contributed by atoms with Crippen LogP contribution in [-0.2, 0) is 0 Å². The first-order valence-corrected chi connectivity index (χ1v) is 6.57. The van der Waals surface area contributed by atoms with Gasteiger partial charge in [0.05, 0.1) is 6.04 Å². The number of nitrogens with one attached hydrogen (secondary N) is 1. The maximum Gasteiger partial charge on any atom is 0.123 e. The molecule has 1 heterocycles. The largest absolute Gasteiger partial charge is 0.507 e. The third kappa shape index (κ3) is 4.27. The second-order valence-electron chi connectivity index (χ2n) is 4.63. The van der Waals surface area contributed by atoms with Gasteiger partial charge in [-0.15, -0.1) is 31.4 Å². The van der Waals surface area contributed by atoms with Crippen LogP contribution in [0.4, 0.5) is 0 Å². The number of rotatable bonds is 3. The van der Waals surface area contributed by atoms with E-state index >= 15 is 0 Å². The van der Waals surface area contributed by atoms with Crippen molar-refractivity contribution >= 4 is 36.4 Å². The molecule has 0 spiro atoms. The zero-order valence-electron chi connectivity index (χ0n) is 11.4. The first kappa shape index (κ1) is 19.6. The molecule has 1 aliphatic rings. The van der Waals surface area contributed by atoms with E-state index in [4.69, 9.17) is 11.6 Å². The van der Waals surface area contributed by atoms with Gasteiger partial charge < -0.3 is 10.4 Å². The van der Waals surface area contributed by atoms with E-state index < -0.39 is 0 Å². The number of piperazine rings is 1. The normalized spacial score (nSPS) is 16.7. The number of phenols is 1. The maximum atomic E-state index is 10.2. The average molecular weight is 340 g/mol.